The Morgan fingerprint density at radius 1 is 1.32 bits per heavy atom. The molecule has 0 aliphatic carbocycles. The molecule has 1 N–H and O–H groups in total. The Balaban J connectivity index is 1.71. The molecule has 2 heterocycles. The van der Waals surface area contributed by atoms with Crippen molar-refractivity contribution in [2.24, 2.45) is 10.2 Å². The molecule has 0 radical (unpaired) electrons. The lowest BCUT2D eigenvalue weighted by Crippen LogP contribution is -2.19. The van der Waals surface area contributed by atoms with Crippen LogP contribution >= 0.6 is 23.1 Å². The highest BCUT2D eigenvalue weighted by molar-refractivity contribution is 8.15. The predicted molar refractivity (Wildman–Crippen MR) is 97.9 cm³/mol. The van der Waals surface area contributed by atoms with Gasteiger partial charge in [0.1, 0.15) is 4.88 Å². The van der Waals surface area contributed by atoms with Gasteiger partial charge in [0.15, 0.2) is 16.7 Å². The highest BCUT2D eigenvalue weighted by Crippen LogP contribution is 2.28. The van der Waals surface area contributed by atoms with Crippen molar-refractivity contribution in [3.63, 3.8) is 0 Å². The highest BCUT2D eigenvalue weighted by atomic mass is 32.2. The van der Waals surface area contributed by atoms with Crippen molar-refractivity contribution < 1.29 is 19.1 Å². The first-order valence-corrected chi connectivity index (χ1v) is 8.99. The topological polar surface area (TPSA) is 89.3 Å². The molecule has 1 saturated heterocycles. The molecule has 1 aliphatic rings. The molecule has 25 heavy (non-hydrogen) atoms. The molecule has 0 bridgehead atoms. The molecule has 3 rings (SSSR count). The van der Waals surface area contributed by atoms with Crippen LogP contribution in [0.25, 0.3) is 0 Å². The highest BCUT2D eigenvalue weighted by Gasteiger charge is 2.16. The van der Waals surface area contributed by atoms with E-state index in [9.17, 15) is 9.59 Å². The zero-order valence-electron chi connectivity index (χ0n) is 13.1. The number of carbonyl (C=O) groups is 2. The van der Waals surface area contributed by atoms with E-state index in [4.69, 9.17) is 9.47 Å². The lowest BCUT2D eigenvalue weighted by molar-refractivity contribution is -0.116. The molecule has 0 saturated carbocycles. The van der Waals surface area contributed by atoms with Gasteiger partial charge in [0, 0.05) is 0 Å². The molecule has 128 valence electrons. The number of thioether (sulfide) groups is 1. The Kier molecular flexibility index (Phi) is 5.46. The fourth-order valence-corrected chi connectivity index (χ4v) is 3.15. The van der Waals surface area contributed by atoms with Crippen LogP contribution < -0.4 is 14.8 Å². The second kappa shape index (κ2) is 7.95. The normalized spacial score (nSPS) is 15.6. The van der Waals surface area contributed by atoms with Gasteiger partial charge in [0.2, 0.25) is 5.91 Å². The van der Waals surface area contributed by atoms with Crippen LogP contribution in [-0.2, 0) is 4.79 Å². The number of thiophene rings is 1. The summed E-state index contributed by atoms with van der Waals surface area (Å²) in [5, 5.41) is 12.7. The average Bonchev–Trinajstić information content (AvgIpc) is 3.28. The van der Waals surface area contributed by atoms with Gasteiger partial charge in [-0.25, -0.2) is 4.79 Å². The van der Waals surface area contributed by atoms with Gasteiger partial charge in [-0.2, -0.15) is 5.10 Å². The van der Waals surface area contributed by atoms with Crippen molar-refractivity contribution in [3.8, 4) is 11.5 Å². The number of methoxy groups -OCH3 is 1. The number of amidine groups is 1. The number of rotatable bonds is 5. The van der Waals surface area contributed by atoms with Crippen molar-refractivity contribution in [1.82, 2.24) is 5.32 Å². The number of nitrogens with zero attached hydrogens (tertiary/aromatic N) is 2. The minimum absolute atomic E-state index is 0.0856. The maximum absolute atomic E-state index is 12.0. The van der Waals surface area contributed by atoms with Crippen LogP contribution in [-0.4, -0.2) is 36.1 Å². The smallest absolute Gasteiger partial charge is 0.353 e. The lowest BCUT2D eigenvalue weighted by Gasteiger charge is -2.09. The summed E-state index contributed by atoms with van der Waals surface area (Å²) in [6.45, 7) is 0. The Labute approximate surface area is 151 Å². The number of ether oxygens (including phenoxy) is 2. The van der Waals surface area contributed by atoms with Gasteiger partial charge >= 0.3 is 5.97 Å². The van der Waals surface area contributed by atoms with Gasteiger partial charge in [0.25, 0.3) is 0 Å². The quantitative estimate of drug-likeness (QED) is 0.375. The number of amides is 1. The van der Waals surface area contributed by atoms with Crippen LogP contribution in [0.5, 0.6) is 11.5 Å². The zero-order valence-corrected chi connectivity index (χ0v) is 14.7. The van der Waals surface area contributed by atoms with E-state index >= 15 is 0 Å². The molecule has 9 heteroatoms. The van der Waals surface area contributed by atoms with Gasteiger partial charge in [0.05, 0.1) is 19.1 Å². The maximum atomic E-state index is 12.0. The maximum Gasteiger partial charge on any atom is 0.353 e. The zero-order chi connectivity index (χ0) is 17.6. The number of hydrogen-bond donors (Lipinski definition) is 1. The minimum Gasteiger partial charge on any atom is -0.493 e. The first kappa shape index (κ1) is 17.2. The third-order valence-corrected chi connectivity index (χ3v) is 4.77. The lowest BCUT2D eigenvalue weighted by atomic mass is 10.2. The number of nitrogens with one attached hydrogen (secondary N) is 1. The van der Waals surface area contributed by atoms with Crippen LogP contribution in [0.4, 0.5) is 0 Å². The van der Waals surface area contributed by atoms with Crippen molar-refractivity contribution in [3.05, 3.63) is 46.2 Å². The molecule has 1 aliphatic heterocycles. The largest absolute Gasteiger partial charge is 0.493 e. The van der Waals surface area contributed by atoms with Gasteiger partial charge in [-0.1, -0.05) is 17.8 Å². The van der Waals surface area contributed by atoms with E-state index in [-0.39, 0.29) is 5.91 Å². The Morgan fingerprint density at radius 2 is 2.20 bits per heavy atom. The van der Waals surface area contributed by atoms with Gasteiger partial charge in [-0.3, -0.25) is 4.79 Å². The number of esters is 1. The fourth-order valence-electron chi connectivity index (χ4n) is 1.92. The third-order valence-electron chi connectivity index (χ3n) is 3.05. The monoisotopic (exact) mass is 375 g/mol. The van der Waals surface area contributed by atoms with E-state index in [2.05, 4.69) is 15.5 Å². The standard InChI is InChI=1S/C16H13N3O4S2/c1-22-12-7-10(8-17-19-16-18-14(20)9-25-16)4-5-11(12)23-15(21)13-3-2-6-24-13/h2-8H,9H2,1H3,(H,18,19,20). The SMILES string of the molecule is COc1cc(C=NN=C2NC(=O)CS2)ccc1OC(=O)c1cccs1. The summed E-state index contributed by atoms with van der Waals surface area (Å²) >= 11 is 2.60. The molecule has 0 unspecified atom stereocenters. The summed E-state index contributed by atoms with van der Waals surface area (Å²) < 4.78 is 10.6. The fraction of sp³-hybridized carbons (Fsp3) is 0.125. The molecule has 2 aromatic rings. The molecule has 1 fully saturated rings. The first-order valence-electron chi connectivity index (χ1n) is 7.13. The first-order chi connectivity index (χ1) is 12.2. The number of carbonyl (C=O) groups excluding carboxylic acids is 2. The average molecular weight is 375 g/mol. The summed E-state index contributed by atoms with van der Waals surface area (Å²) in [5.41, 5.74) is 0.714. The Morgan fingerprint density at radius 3 is 2.88 bits per heavy atom. The number of hydrogen-bond acceptors (Lipinski definition) is 8. The minimum atomic E-state index is -0.435. The van der Waals surface area contributed by atoms with Crippen LogP contribution in [0.3, 0.4) is 0 Å². The van der Waals surface area contributed by atoms with E-state index in [1.807, 2.05) is 0 Å². The second-order valence-electron chi connectivity index (χ2n) is 4.76. The summed E-state index contributed by atoms with van der Waals surface area (Å²) in [6.07, 6.45) is 1.52. The Hall–Kier alpha value is -2.65. The van der Waals surface area contributed by atoms with Gasteiger partial charge in [-0.15, -0.1) is 16.4 Å². The molecule has 7 nitrogen and oxygen atoms in total. The molecule has 1 amide bonds. The van der Waals surface area contributed by atoms with Gasteiger partial charge < -0.3 is 14.8 Å². The molecular weight excluding hydrogens is 362 g/mol. The predicted octanol–water partition coefficient (Wildman–Crippen LogP) is 2.53. The molecule has 1 aromatic heterocycles. The van der Waals surface area contributed by atoms with Crippen molar-refractivity contribution in [1.29, 1.82) is 0 Å². The van der Waals surface area contributed by atoms with E-state index < -0.39 is 5.97 Å². The van der Waals surface area contributed by atoms with E-state index in [0.717, 1.165) is 0 Å². The van der Waals surface area contributed by atoms with E-state index in [1.165, 1.54) is 36.4 Å². The van der Waals surface area contributed by atoms with E-state index in [1.54, 1.807) is 35.7 Å². The summed E-state index contributed by atoms with van der Waals surface area (Å²) in [4.78, 5) is 23.6. The van der Waals surface area contributed by atoms with Crippen LogP contribution in [0.1, 0.15) is 15.2 Å². The molecule has 1 aromatic carbocycles. The summed E-state index contributed by atoms with van der Waals surface area (Å²) in [6, 6.07) is 8.51. The van der Waals surface area contributed by atoms with E-state index in [0.29, 0.717) is 32.9 Å². The summed E-state index contributed by atoms with van der Waals surface area (Å²) in [5.74, 6) is 0.563. The Bertz CT molecular complexity index is 847. The van der Waals surface area contributed by atoms with Crippen LogP contribution in [0.2, 0.25) is 0 Å². The van der Waals surface area contributed by atoms with Crippen LogP contribution in [0, 0.1) is 0 Å². The molecule has 0 atom stereocenters. The second-order valence-corrected chi connectivity index (χ2v) is 6.68. The van der Waals surface area contributed by atoms with Crippen molar-refractivity contribution in [2.45, 2.75) is 0 Å². The van der Waals surface area contributed by atoms with Gasteiger partial charge in [-0.05, 0) is 35.2 Å². The van der Waals surface area contributed by atoms with Crippen LogP contribution in [0.15, 0.2) is 45.9 Å². The number of benzene rings is 1. The molecular formula is C16H13N3O4S2. The molecule has 0 spiro atoms. The third kappa shape index (κ3) is 4.46. The summed E-state index contributed by atoms with van der Waals surface area (Å²) in [7, 11) is 1.49. The van der Waals surface area contributed by atoms with Crippen molar-refractivity contribution >= 4 is 46.4 Å². The van der Waals surface area contributed by atoms with Crippen molar-refractivity contribution in [2.75, 3.05) is 12.9 Å².